The minimum Gasteiger partial charge on any atom is -0.392 e. The molecule has 2 heterocycles. The fourth-order valence-corrected chi connectivity index (χ4v) is 2.49. The Morgan fingerprint density at radius 2 is 2.12 bits per heavy atom. The number of pyridine rings is 2. The SMILES string of the molecule is CC(=NNC(N)=O)c1ccc(N)c(NCc2ccc3ncccc3c2)[nH+]1. The van der Waals surface area contributed by atoms with Crippen molar-refractivity contribution in [2.75, 3.05) is 11.1 Å². The molecule has 0 radical (unpaired) electrons. The molecule has 0 fully saturated rings. The van der Waals surface area contributed by atoms with Gasteiger partial charge in [-0.2, -0.15) is 5.10 Å². The van der Waals surface area contributed by atoms with Gasteiger partial charge in [0.2, 0.25) is 0 Å². The van der Waals surface area contributed by atoms with E-state index in [2.05, 4.69) is 31.9 Å². The van der Waals surface area contributed by atoms with Crippen LogP contribution in [-0.4, -0.2) is 16.7 Å². The molecule has 0 saturated heterocycles. The fourth-order valence-electron chi connectivity index (χ4n) is 2.49. The zero-order chi connectivity index (χ0) is 18.5. The first-order chi connectivity index (χ1) is 12.5. The van der Waals surface area contributed by atoms with Crippen LogP contribution in [0.4, 0.5) is 16.3 Å². The number of carbonyl (C=O) groups excluding carboxylic acids is 1. The second kappa shape index (κ2) is 7.47. The summed E-state index contributed by atoms with van der Waals surface area (Å²) in [6.07, 6.45) is 1.78. The maximum absolute atomic E-state index is 10.8. The Labute approximate surface area is 150 Å². The molecule has 0 aliphatic rings. The zero-order valence-electron chi connectivity index (χ0n) is 14.3. The van der Waals surface area contributed by atoms with Gasteiger partial charge in [0.15, 0.2) is 0 Å². The number of fused-ring (bicyclic) bond motifs is 1. The van der Waals surface area contributed by atoms with Crippen LogP contribution in [0, 0.1) is 0 Å². The number of hydrogen-bond donors (Lipinski definition) is 4. The van der Waals surface area contributed by atoms with Gasteiger partial charge < -0.3 is 11.5 Å². The number of hydrogen-bond acceptors (Lipinski definition) is 5. The second-order valence-electron chi connectivity index (χ2n) is 5.76. The van der Waals surface area contributed by atoms with Crippen LogP contribution in [0.15, 0.2) is 53.8 Å². The predicted octanol–water partition coefficient (Wildman–Crippen LogP) is 1.64. The summed E-state index contributed by atoms with van der Waals surface area (Å²) in [6, 6.07) is 12.9. The lowest BCUT2D eigenvalue weighted by Crippen LogP contribution is -2.28. The van der Waals surface area contributed by atoms with E-state index in [9.17, 15) is 4.79 Å². The van der Waals surface area contributed by atoms with Crippen molar-refractivity contribution >= 4 is 34.2 Å². The van der Waals surface area contributed by atoms with Gasteiger partial charge in [-0.15, -0.1) is 0 Å². The molecule has 0 aliphatic carbocycles. The van der Waals surface area contributed by atoms with E-state index in [0.717, 1.165) is 16.5 Å². The van der Waals surface area contributed by atoms with Gasteiger partial charge >= 0.3 is 6.03 Å². The van der Waals surface area contributed by atoms with Crippen molar-refractivity contribution in [1.82, 2.24) is 10.4 Å². The van der Waals surface area contributed by atoms with E-state index in [1.165, 1.54) is 0 Å². The number of anilines is 2. The predicted molar refractivity (Wildman–Crippen MR) is 101 cm³/mol. The Morgan fingerprint density at radius 1 is 1.27 bits per heavy atom. The highest BCUT2D eigenvalue weighted by molar-refractivity contribution is 5.96. The van der Waals surface area contributed by atoms with Gasteiger partial charge in [0.1, 0.15) is 23.6 Å². The van der Waals surface area contributed by atoms with E-state index in [-0.39, 0.29) is 0 Å². The van der Waals surface area contributed by atoms with Crippen LogP contribution >= 0.6 is 0 Å². The van der Waals surface area contributed by atoms with Crippen molar-refractivity contribution in [3.63, 3.8) is 0 Å². The molecule has 7 N–H and O–H groups in total. The number of nitrogens with zero attached hydrogens (tertiary/aromatic N) is 2. The summed E-state index contributed by atoms with van der Waals surface area (Å²) in [5.74, 6) is 0.669. The number of aromatic amines is 1. The number of nitrogen functional groups attached to an aromatic ring is 1. The van der Waals surface area contributed by atoms with Gasteiger partial charge in [-0.3, -0.25) is 10.3 Å². The number of benzene rings is 1. The highest BCUT2D eigenvalue weighted by Crippen LogP contribution is 2.16. The number of nitrogens with one attached hydrogen (secondary N) is 3. The molecule has 0 spiro atoms. The molecule has 2 amide bonds. The minimum atomic E-state index is -0.719. The van der Waals surface area contributed by atoms with Crippen LogP contribution in [0.1, 0.15) is 18.2 Å². The number of nitrogens with two attached hydrogens (primary N) is 2. The number of carbonyl (C=O) groups is 1. The zero-order valence-corrected chi connectivity index (χ0v) is 14.3. The molecule has 8 heteroatoms. The van der Waals surface area contributed by atoms with E-state index in [4.69, 9.17) is 11.5 Å². The summed E-state index contributed by atoms with van der Waals surface area (Å²) in [5, 5.41) is 8.27. The smallest absolute Gasteiger partial charge is 0.332 e. The van der Waals surface area contributed by atoms with Gasteiger partial charge in [-0.05, 0) is 42.8 Å². The average Bonchev–Trinajstić information content (AvgIpc) is 2.65. The molecule has 0 unspecified atom stereocenters. The van der Waals surface area contributed by atoms with Gasteiger partial charge in [0.25, 0.3) is 5.82 Å². The summed E-state index contributed by atoms with van der Waals surface area (Å²) in [5.41, 5.74) is 17.2. The van der Waals surface area contributed by atoms with Crippen LogP contribution in [0.25, 0.3) is 10.9 Å². The number of primary amides is 1. The number of rotatable bonds is 5. The molecule has 0 aliphatic heterocycles. The van der Waals surface area contributed by atoms with Crippen LogP contribution in [0.3, 0.4) is 0 Å². The highest BCUT2D eigenvalue weighted by Gasteiger charge is 2.12. The van der Waals surface area contributed by atoms with Gasteiger partial charge in [-0.1, -0.05) is 12.1 Å². The van der Waals surface area contributed by atoms with Crippen molar-refractivity contribution in [2.24, 2.45) is 10.8 Å². The average molecular weight is 350 g/mol. The van der Waals surface area contributed by atoms with E-state index in [0.29, 0.717) is 29.5 Å². The van der Waals surface area contributed by atoms with Crippen LogP contribution < -0.4 is 27.2 Å². The fraction of sp³-hybridized carbons (Fsp3) is 0.111. The van der Waals surface area contributed by atoms with E-state index in [1.807, 2.05) is 24.3 Å². The maximum atomic E-state index is 10.8. The Kier molecular flexibility index (Phi) is 4.93. The first-order valence-electron chi connectivity index (χ1n) is 8.02. The van der Waals surface area contributed by atoms with Crippen molar-refractivity contribution in [2.45, 2.75) is 13.5 Å². The molecule has 1 aromatic carbocycles. The number of amides is 2. The molecule has 0 saturated carbocycles. The Bertz CT molecular complexity index is 984. The molecule has 0 atom stereocenters. The molecule has 26 heavy (non-hydrogen) atoms. The largest absolute Gasteiger partial charge is 0.392 e. The maximum Gasteiger partial charge on any atom is 0.332 e. The number of H-pyrrole nitrogens is 1. The summed E-state index contributed by atoms with van der Waals surface area (Å²) >= 11 is 0. The third-order valence-electron chi connectivity index (χ3n) is 3.84. The Balaban J connectivity index is 1.77. The molecular weight excluding hydrogens is 330 g/mol. The second-order valence-corrected chi connectivity index (χ2v) is 5.76. The van der Waals surface area contributed by atoms with Crippen molar-refractivity contribution < 1.29 is 9.78 Å². The lowest BCUT2D eigenvalue weighted by atomic mass is 10.1. The first kappa shape index (κ1) is 17.2. The summed E-state index contributed by atoms with van der Waals surface area (Å²) in [4.78, 5) is 18.3. The highest BCUT2D eigenvalue weighted by atomic mass is 16.2. The van der Waals surface area contributed by atoms with Crippen LogP contribution in [-0.2, 0) is 6.54 Å². The molecule has 2 aromatic heterocycles. The molecule has 8 nitrogen and oxygen atoms in total. The molecule has 132 valence electrons. The number of aromatic nitrogens is 2. The lowest BCUT2D eigenvalue weighted by molar-refractivity contribution is -0.362. The summed E-state index contributed by atoms with van der Waals surface area (Å²) < 4.78 is 0. The number of urea groups is 1. The Morgan fingerprint density at radius 3 is 2.92 bits per heavy atom. The monoisotopic (exact) mass is 350 g/mol. The van der Waals surface area contributed by atoms with Gasteiger partial charge in [0.05, 0.1) is 5.52 Å². The molecule has 3 aromatic rings. The molecule has 0 bridgehead atoms. The van der Waals surface area contributed by atoms with Gasteiger partial charge in [0, 0.05) is 11.6 Å². The lowest BCUT2D eigenvalue weighted by Gasteiger charge is -2.06. The van der Waals surface area contributed by atoms with Crippen molar-refractivity contribution in [1.29, 1.82) is 0 Å². The molecular formula is C18H20N7O+. The topological polar surface area (TPSA) is 133 Å². The van der Waals surface area contributed by atoms with Crippen LogP contribution in [0.5, 0.6) is 0 Å². The third-order valence-corrected chi connectivity index (χ3v) is 3.84. The van der Waals surface area contributed by atoms with E-state index in [1.54, 1.807) is 25.3 Å². The summed E-state index contributed by atoms with van der Waals surface area (Å²) in [7, 11) is 0. The minimum absolute atomic E-state index is 0.573. The quantitative estimate of drug-likeness (QED) is 0.411. The van der Waals surface area contributed by atoms with Crippen molar-refractivity contribution in [3.8, 4) is 0 Å². The first-order valence-corrected chi connectivity index (χ1v) is 8.02. The normalized spacial score (nSPS) is 11.3. The van der Waals surface area contributed by atoms with Gasteiger partial charge in [-0.25, -0.2) is 15.2 Å². The standard InChI is InChI=1S/C18H19N7O/c1-11(24-25-18(20)26)15-7-5-14(19)17(23-15)22-10-12-4-6-16-13(9-12)3-2-8-21-16/h2-9H,10,19H2,1H3,(H,22,23)(H3,20,25,26)/p+1. The van der Waals surface area contributed by atoms with Crippen LogP contribution in [0.2, 0.25) is 0 Å². The molecule has 3 rings (SSSR count). The van der Waals surface area contributed by atoms with E-state index < -0.39 is 6.03 Å². The Hall–Kier alpha value is -3.68. The summed E-state index contributed by atoms with van der Waals surface area (Å²) in [6.45, 7) is 2.34. The van der Waals surface area contributed by atoms with Crippen molar-refractivity contribution in [3.05, 3.63) is 59.9 Å². The number of hydrazone groups is 1. The third kappa shape index (κ3) is 4.04. The van der Waals surface area contributed by atoms with E-state index >= 15 is 0 Å².